The second-order valence-electron chi connectivity index (χ2n) is 9.31. The van der Waals surface area contributed by atoms with Crippen molar-refractivity contribution in [2.24, 2.45) is 5.92 Å². The van der Waals surface area contributed by atoms with Crippen LogP contribution < -0.4 is 20.8 Å². The second-order valence-corrected chi connectivity index (χ2v) is 11.3. The van der Waals surface area contributed by atoms with Crippen molar-refractivity contribution >= 4 is 38.1 Å². The third-order valence-corrected chi connectivity index (χ3v) is 8.26. The lowest BCUT2D eigenvalue weighted by Crippen LogP contribution is -2.30. The zero-order valence-electron chi connectivity index (χ0n) is 21.2. The molecule has 2 aromatic heterocycles. The summed E-state index contributed by atoms with van der Waals surface area (Å²) in [6.45, 7) is 1.76. The number of ether oxygens (including phenoxy) is 2. The maximum Gasteiger partial charge on any atom is 0.262 e. The zero-order chi connectivity index (χ0) is 27.7. The van der Waals surface area contributed by atoms with E-state index in [2.05, 4.69) is 20.6 Å². The van der Waals surface area contributed by atoms with E-state index in [0.717, 1.165) is 25.0 Å². The van der Waals surface area contributed by atoms with Crippen molar-refractivity contribution in [3.63, 3.8) is 0 Å². The van der Waals surface area contributed by atoms with Gasteiger partial charge in [-0.2, -0.15) is 0 Å². The van der Waals surface area contributed by atoms with Crippen molar-refractivity contribution in [1.82, 2.24) is 14.5 Å². The Morgan fingerprint density at radius 2 is 1.95 bits per heavy atom. The Bertz CT molecular complexity index is 1720. The number of methoxy groups -OCH3 is 1. The third-order valence-electron chi connectivity index (χ3n) is 6.67. The van der Waals surface area contributed by atoms with E-state index in [1.807, 2.05) is 0 Å². The van der Waals surface area contributed by atoms with Crippen LogP contribution in [0.15, 0.2) is 58.4 Å². The van der Waals surface area contributed by atoms with Crippen LogP contribution in [0.1, 0.15) is 12.8 Å². The van der Waals surface area contributed by atoms with E-state index in [0.29, 0.717) is 47.9 Å². The van der Waals surface area contributed by atoms with Gasteiger partial charge in [0.05, 0.1) is 32.6 Å². The van der Waals surface area contributed by atoms with Crippen molar-refractivity contribution in [3.05, 3.63) is 70.6 Å². The molecule has 1 saturated heterocycles. The van der Waals surface area contributed by atoms with E-state index >= 15 is 0 Å². The summed E-state index contributed by atoms with van der Waals surface area (Å²) in [6, 6.07) is 9.45. The van der Waals surface area contributed by atoms with Crippen molar-refractivity contribution < 1.29 is 22.5 Å². The van der Waals surface area contributed by atoms with E-state index in [1.165, 1.54) is 17.9 Å². The molecule has 9 nitrogen and oxygen atoms in total. The first-order valence-electron chi connectivity index (χ1n) is 12.2. The maximum absolute atomic E-state index is 14.4. The van der Waals surface area contributed by atoms with E-state index < -0.39 is 21.3 Å². The highest BCUT2D eigenvalue weighted by Crippen LogP contribution is 2.31. The predicted molar refractivity (Wildman–Crippen MR) is 147 cm³/mol. The standard InChI is InChI=1S/C27H27F2N5O4S/c1-37-25-23(33-39(2,36)24-6-4-19(28)13-21(24)29)12-18(14-31-25)17-3-5-22-20(11-17)26(35)34(27(30)32-22)15-16-7-9-38-10-8-16/h3-6,11-14,16H,2,7-10,15H2,1H3,(H2,30,32)(H,33,36). The Balaban J connectivity index is 1.52. The van der Waals surface area contributed by atoms with Gasteiger partial charge in [-0.1, -0.05) is 6.07 Å². The fraction of sp³-hybridized carbons (Fsp3) is 0.259. The molecule has 1 fully saturated rings. The van der Waals surface area contributed by atoms with Gasteiger partial charge in [-0.25, -0.2) is 23.0 Å². The van der Waals surface area contributed by atoms with E-state index in [4.69, 9.17) is 15.2 Å². The molecule has 0 spiro atoms. The molecule has 12 heteroatoms. The van der Waals surface area contributed by atoms with Gasteiger partial charge in [-0.3, -0.25) is 9.36 Å². The Kier molecular flexibility index (Phi) is 7.23. The summed E-state index contributed by atoms with van der Waals surface area (Å²) in [5.41, 5.74) is 7.70. The minimum absolute atomic E-state index is 0.0895. The quantitative estimate of drug-likeness (QED) is 0.332. The number of fused-ring (bicyclic) bond motifs is 1. The average Bonchev–Trinajstić information content (AvgIpc) is 2.91. The minimum atomic E-state index is -3.46. The lowest BCUT2D eigenvalue weighted by molar-refractivity contribution is 0.0611. The highest BCUT2D eigenvalue weighted by atomic mass is 32.2. The summed E-state index contributed by atoms with van der Waals surface area (Å²) in [5.74, 6) is 2.34. The predicted octanol–water partition coefficient (Wildman–Crippen LogP) is 3.86. The first kappa shape index (κ1) is 26.6. The number of halogens is 2. The van der Waals surface area contributed by atoms with Gasteiger partial charge in [0.25, 0.3) is 5.56 Å². The summed E-state index contributed by atoms with van der Waals surface area (Å²) < 4.78 is 56.0. The highest BCUT2D eigenvalue weighted by molar-refractivity contribution is 8.01. The van der Waals surface area contributed by atoms with Crippen LogP contribution in [-0.2, 0) is 21.0 Å². The molecule has 1 unspecified atom stereocenters. The lowest BCUT2D eigenvalue weighted by Gasteiger charge is -2.23. The smallest absolute Gasteiger partial charge is 0.262 e. The molecular formula is C27H27F2N5O4S. The number of anilines is 2. The number of pyridine rings is 1. The lowest BCUT2D eigenvalue weighted by atomic mass is 10.00. The van der Waals surface area contributed by atoms with Gasteiger partial charge in [0.15, 0.2) is 0 Å². The van der Waals surface area contributed by atoms with Crippen LogP contribution in [0.5, 0.6) is 5.88 Å². The summed E-state index contributed by atoms with van der Waals surface area (Å²) in [6.07, 6.45) is 3.21. The molecule has 1 aliphatic rings. The van der Waals surface area contributed by atoms with Gasteiger partial charge in [-0.15, -0.1) is 0 Å². The Morgan fingerprint density at radius 3 is 2.67 bits per heavy atom. The first-order valence-corrected chi connectivity index (χ1v) is 13.9. The summed E-state index contributed by atoms with van der Waals surface area (Å²) in [5, 5.41) is 0.383. The molecule has 0 bridgehead atoms. The third kappa shape index (κ3) is 5.43. The molecule has 39 heavy (non-hydrogen) atoms. The normalized spacial score (nSPS) is 15.7. The van der Waals surface area contributed by atoms with Crippen molar-refractivity contribution in [3.8, 4) is 17.0 Å². The number of hydrogen-bond acceptors (Lipinski definition) is 7. The summed E-state index contributed by atoms with van der Waals surface area (Å²) in [7, 11) is -2.08. The second kappa shape index (κ2) is 10.6. The van der Waals surface area contributed by atoms with E-state index in [1.54, 1.807) is 24.3 Å². The van der Waals surface area contributed by atoms with Crippen molar-refractivity contribution in [1.29, 1.82) is 0 Å². The van der Waals surface area contributed by atoms with Crippen molar-refractivity contribution in [2.75, 3.05) is 30.8 Å². The molecule has 5 rings (SSSR count). The minimum Gasteiger partial charge on any atom is -0.480 e. The van der Waals surface area contributed by atoms with Gasteiger partial charge >= 0.3 is 0 Å². The number of benzene rings is 2. The first-order chi connectivity index (χ1) is 18.7. The van der Waals surface area contributed by atoms with Crippen LogP contribution in [0.2, 0.25) is 0 Å². The number of nitrogens with one attached hydrogen (secondary N) is 1. The van der Waals surface area contributed by atoms with Crippen LogP contribution in [0.4, 0.5) is 20.4 Å². The van der Waals surface area contributed by atoms with Crippen LogP contribution >= 0.6 is 0 Å². The molecule has 1 aliphatic heterocycles. The van der Waals surface area contributed by atoms with Gasteiger partial charge in [0, 0.05) is 37.6 Å². The van der Waals surface area contributed by atoms with E-state index in [-0.39, 0.29) is 33.9 Å². The van der Waals surface area contributed by atoms with Gasteiger partial charge in [0.2, 0.25) is 11.8 Å². The number of hydrogen-bond donors (Lipinski definition) is 2. The van der Waals surface area contributed by atoms with Crippen LogP contribution in [0, 0.1) is 17.6 Å². The molecule has 3 heterocycles. The van der Waals surface area contributed by atoms with Gasteiger partial charge in [-0.05, 0) is 60.5 Å². The molecule has 2 aromatic carbocycles. The molecule has 0 radical (unpaired) electrons. The molecule has 4 aromatic rings. The fourth-order valence-corrected chi connectivity index (χ4v) is 5.88. The molecular weight excluding hydrogens is 528 g/mol. The summed E-state index contributed by atoms with van der Waals surface area (Å²) in [4.78, 5) is 21.8. The Hall–Kier alpha value is -4.03. The number of rotatable bonds is 7. The Labute approximate surface area is 223 Å². The van der Waals surface area contributed by atoms with Crippen LogP contribution in [0.3, 0.4) is 0 Å². The SMILES string of the molecule is C=S(=O)(Nc1cc(-c2ccc3nc(N)n(CC4CCOCC4)c(=O)c3c2)cnc1OC)c1ccc(F)cc1F. The van der Waals surface area contributed by atoms with Crippen LogP contribution in [0.25, 0.3) is 22.0 Å². The molecule has 0 aliphatic carbocycles. The molecule has 0 amide bonds. The zero-order valence-corrected chi connectivity index (χ0v) is 22.0. The highest BCUT2D eigenvalue weighted by Gasteiger charge is 2.20. The molecule has 0 saturated carbocycles. The number of nitrogens with zero attached hydrogens (tertiary/aromatic N) is 3. The van der Waals surface area contributed by atoms with Crippen LogP contribution in [-0.4, -0.2) is 44.9 Å². The van der Waals surface area contributed by atoms with Gasteiger partial charge < -0.3 is 19.9 Å². The average molecular weight is 556 g/mol. The number of nitrogen functional groups attached to an aromatic ring is 1. The summed E-state index contributed by atoms with van der Waals surface area (Å²) >= 11 is 0. The van der Waals surface area contributed by atoms with Gasteiger partial charge in [0.1, 0.15) is 17.3 Å². The monoisotopic (exact) mass is 555 g/mol. The molecule has 3 N–H and O–H groups in total. The van der Waals surface area contributed by atoms with Crippen molar-refractivity contribution in [2.45, 2.75) is 24.3 Å². The molecule has 1 atom stereocenters. The fourth-order valence-electron chi connectivity index (χ4n) is 4.60. The number of nitrogens with two attached hydrogens (primary N) is 1. The maximum atomic E-state index is 14.4. The number of aromatic nitrogens is 3. The Morgan fingerprint density at radius 1 is 1.18 bits per heavy atom. The largest absolute Gasteiger partial charge is 0.480 e. The topological polar surface area (TPSA) is 121 Å². The molecule has 204 valence electrons. The van der Waals surface area contributed by atoms with E-state index in [9.17, 15) is 17.8 Å².